The molecule has 1 fully saturated rings. The zero-order chi connectivity index (χ0) is 29.7. The Labute approximate surface area is 240 Å². The van der Waals surface area contributed by atoms with E-state index in [0.29, 0.717) is 30.4 Å². The van der Waals surface area contributed by atoms with E-state index >= 15 is 0 Å². The number of carbonyl (C=O) groups excluding carboxylic acids is 2. The lowest BCUT2D eigenvalue weighted by molar-refractivity contribution is -0.135. The van der Waals surface area contributed by atoms with Gasteiger partial charge in [0, 0.05) is 30.2 Å². The highest BCUT2D eigenvalue weighted by Gasteiger charge is 2.44. The number of aryl methyl sites for hydroxylation is 2. The zero-order valence-electron chi connectivity index (χ0n) is 24.2. The van der Waals surface area contributed by atoms with Crippen molar-refractivity contribution in [3.63, 3.8) is 0 Å². The van der Waals surface area contributed by atoms with Crippen LogP contribution in [0.15, 0.2) is 53.3 Å². The number of benzene rings is 2. The molecular formula is C32H39FN4O4. The van der Waals surface area contributed by atoms with Crippen LogP contribution in [0.2, 0.25) is 0 Å². The Morgan fingerprint density at radius 2 is 1.90 bits per heavy atom. The van der Waals surface area contributed by atoms with Crippen LogP contribution in [0.5, 0.6) is 0 Å². The SMILES string of the molecule is Cc1cc(Cc2ccc(C(=O)NCC(=O)N3C(C(C)(C)CCCO)CC[C@H]3c3cccc(F)c3)cc2C)c(=O)[nH]n1. The Hall–Kier alpha value is -3.85. The van der Waals surface area contributed by atoms with E-state index in [1.165, 1.54) is 12.1 Å². The van der Waals surface area contributed by atoms with Gasteiger partial charge in [0.15, 0.2) is 0 Å². The van der Waals surface area contributed by atoms with Gasteiger partial charge in [-0.2, -0.15) is 5.10 Å². The Balaban J connectivity index is 1.49. The average Bonchev–Trinajstić information content (AvgIpc) is 3.40. The summed E-state index contributed by atoms with van der Waals surface area (Å²) in [4.78, 5) is 40.7. The molecule has 9 heteroatoms. The maximum Gasteiger partial charge on any atom is 0.267 e. The van der Waals surface area contributed by atoms with E-state index in [-0.39, 0.29) is 53.8 Å². The molecule has 1 aromatic heterocycles. The molecule has 2 aromatic carbocycles. The molecule has 2 atom stereocenters. The number of carbonyl (C=O) groups is 2. The summed E-state index contributed by atoms with van der Waals surface area (Å²) < 4.78 is 14.1. The Kier molecular flexibility index (Phi) is 9.38. The summed E-state index contributed by atoms with van der Waals surface area (Å²) in [6, 6.07) is 12.9. The first-order valence-electron chi connectivity index (χ1n) is 14.1. The molecule has 2 amide bonds. The van der Waals surface area contributed by atoms with Gasteiger partial charge >= 0.3 is 0 Å². The summed E-state index contributed by atoms with van der Waals surface area (Å²) in [7, 11) is 0. The van der Waals surface area contributed by atoms with Crippen LogP contribution >= 0.6 is 0 Å². The van der Waals surface area contributed by atoms with Gasteiger partial charge in [0.25, 0.3) is 11.5 Å². The minimum absolute atomic E-state index is 0.0738. The first-order chi connectivity index (χ1) is 19.5. The van der Waals surface area contributed by atoms with Crippen molar-refractivity contribution >= 4 is 11.8 Å². The van der Waals surface area contributed by atoms with Gasteiger partial charge in [0.05, 0.1) is 18.3 Å². The summed E-state index contributed by atoms with van der Waals surface area (Å²) in [5, 5.41) is 18.6. The van der Waals surface area contributed by atoms with Crippen molar-refractivity contribution in [1.29, 1.82) is 0 Å². The zero-order valence-corrected chi connectivity index (χ0v) is 24.2. The lowest BCUT2D eigenvalue weighted by Gasteiger charge is -2.40. The second-order valence-electron chi connectivity index (χ2n) is 11.6. The lowest BCUT2D eigenvalue weighted by Crippen LogP contribution is -2.49. The number of aromatic nitrogens is 2. The van der Waals surface area contributed by atoms with E-state index in [1.54, 1.807) is 24.3 Å². The topological polar surface area (TPSA) is 115 Å². The fraction of sp³-hybridized carbons (Fsp3) is 0.438. The molecule has 4 rings (SSSR count). The summed E-state index contributed by atoms with van der Waals surface area (Å²) in [6.45, 7) is 7.75. The number of rotatable bonds is 10. The van der Waals surface area contributed by atoms with Crippen molar-refractivity contribution < 1.29 is 19.1 Å². The summed E-state index contributed by atoms with van der Waals surface area (Å²) in [5.41, 5.74) is 3.72. The standard InChI is InChI=1S/C32H39FN4O4/c1-20-15-24(10-9-22(20)17-25-16-21(2)35-36-31(25)41)30(40)34-19-29(39)37-27(23-7-5-8-26(33)18-23)11-12-28(37)32(3,4)13-6-14-38/h5,7-10,15-16,18,27-28,38H,6,11-14,17,19H2,1-4H3,(H,34,40)(H,36,41)/t27-,28?/m0/s1. The first-order valence-corrected chi connectivity index (χ1v) is 14.1. The molecule has 0 spiro atoms. The van der Waals surface area contributed by atoms with Crippen LogP contribution in [0, 0.1) is 25.1 Å². The van der Waals surface area contributed by atoms with Crippen LogP contribution in [0.25, 0.3) is 0 Å². The predicted octanol–water partition coefficient (Wildman–Crippen LogP) is 4.38. The van der Waals surface area contributed by atoms with E-state index in [2.05, 4.69) is 29.4 Å². The Morgan fingerprint density at radius 1 is 1.12 bits per heavy atom. The van der Waals surface area contributed by atoms with Crippen molar-refractivity contribution in [2.45, 2.75) is 71.9 Å². The van der Waals surface area contributed by atoms with Crippen LogP contribution in [0.1, 0.15) is 83.9 Å². The van der Waals surface area contributed by atoms with E-state index in [4.69, 9.17) is 0 Å². The van der Waals surface area contributed by atoms with Crippen LogP contribution in [-0.2, 0) is 11.2 Å². The van der Waals surface area contributed by atoms with Gasteiger partial charge in [0.1, 0.15) is 5.82 Å². The highest BCUT2D eigenvalue weighted by molar-refractivity contribution is 5.96. The number of aromatic amines is 1. The molecule has 1 aliphatic rings. The van der Waals surface area contributed by atoms with Gasteiger partial charge < -0.3 is 15.3 Å². The third kappa shape index (κ3) is 7.08. The van der Waals surface area contributed by atoms with Gasteiger partial charge in [-0.25, -0.2) is 9.49 Å². The maximum atomic E-state index is 14.1. The van der Waals surface area contributed by atoms with E-state index in [0.717, 1.165) is 35.2 Å². The number of amides is 2. The van der Waals surface area contributed by atoms with Crippen molar-refractivity contribution in [2.24, 2.45) is 5.41 Å². The Bertz CT molecular complexity index is 1470. The number of halogens is 1. The molecule has 3 N–H and O–H groups in total. The fourth-order valence-electron chi connectivity index (χ4n) is 5.95. The largest absolute Gasteiger partial charge is 0.396 e. The van der Waals surface area contributed by atoms with E-state index in [9.17, 15) is 23.9 Å². The van der Waals surface area contributed by atoms with Crippen LogP contribution in [0.4, 0.5) is 4.39 Å². The first kappa shape index (κ1) is 30.1. The number of H-pyrrole nitrogens is 1. The molecular weight excluding hydrogens is 523 g/mol. The van der Waals surface area contributed by atoms with Crippen LogP contribution < -0.4 is 10.9 Å². The predicted molar refractivity (Wildman–Crippen MR) is 155 cm³/mol. The molecule has 0 radical (unpaired) electrons. The molecule has 3 aromatic rings. The molecule has 0 aliphatic carbocycles. The van der Waals surface area contributed by atoms with E-state index < -0.39 is 0 Å². The molecule has 1 saturated heterocycles. The molecule has 1 aliphatic heterocycles. The van der Waals surface area contributed by atoms with Crippen molar-refractivity contribution in [2.75, 3.05) is 13.2 Å². The minimum atomic E-state index is -0.372. The third-order valence-electron chi connectivity index (χ3n) is 8.18. The van der Waals surface area contributed by atoms with Crippen molar-refractivity contribution in [3.05, 3.63) is 98.2 Å². The number of aliphatic hydroxyl groups excluding tert-OH is 1. The number of aliphatic hydroxyl groups is 1. The smallest absolute Gasteiger partial charge is 0.267 e. The van der Waals surface area contributed by atoms with Gasteiger partial charge in [0.2, 0.25) is 5.91 Å². The van der Waals surface area contributed by atoms with Crippen molar-refractivity contribution in [3.8, 4) is 0 Å². The number of likely N-dealkylation sites (tertiary alicyclic amines) is 1. The molecule has 2 heterocycles. The van der Waals surface area contributed by atoms with Crippen molar-refractivity contribution in [1.82, 2.24) is 20.4 Å². The summed E-state index contributed by atoms with van der Waals surface area (Å²) in [5.74, 6) is -0.954. The number of hydrogen-bond donors (Lipinski definition) is 3. The quantitative estimate of drug-likeness (QED) is 0.339. The summed E-state index contributed by atoms with van der Waals surface area (Å²) >= 11 is 0. The molecule has 218 valence electrons. The van der Waals surface area contributed by atoms with E-state index in [1.807, 2.05) is 30.9 Å². The summed E-state index contributed by atoms with van der Waals surface area (Å²) in [6.07, 6.45) is 3.21. The molecule has 0 saturated carbocycles. The van der Waals surface area contributed by atoms with Crippen LogP contribution in [0.3, 0.4) is 0 Å². The molecule has 1 unspecified atom stereocenters. The van der Waals surface area contributed by atoms with Gasteiger partial charge in [-0.3, -0.25) is 14.4 Å². The monoisotopic (exact) mass is 562 g/mol. The maximum absolute atomic E-state index is 14.1. The van der Waals surface area contributed by atoms with Gasteiger partial charge in [-0.05, 0) is 92.0 Å². The van der Waals surface area contributed by atoms with Gasteiger partial charge in [-0.1, -0.05) is 32.0 Å². The Morgan fingerprint density at radius 3 is 2.61 bits per heavy atom. The lowest BCUT2D eigenvalue weighted by atomic mass is 9.79. The average molecular weight is 563 g/mol. The normalized spacial score (nSPS) is 17.1. The number of hydrogen-bond acceptors (Lipinski definition) is 5. The van der Waals surface area contributed by atoms with Crippen LogP contribution in [-0.4, -0.2) is 51.2 Å². The molecule has 41 heavy (non-hydrogen) atoms. The third-order valence-corrected chi connectivity index (χ3v) is 8.18. The second kappa shape index (κ2) is 12.8. The fourth-order valence-corrected chi connectivity index (χ4v) is 5.95. The molecule has 0 bridgehead atoms. The highest BCUT2D eigenvalue weighted by Crippen LogP contribution is 2.45. The molecule has 8 nitrogen and oxygen atoms in total. The highest BCUT2D eigenvalue weighted by atomic mass is 19.1. The number of nitrogens with one attached hydrogen (secondary N) is 2. The van der Waals surface area contributed by atoms with Gasteiger partial charge in [-0.15, -0.1) is 0 Å². The number of nitrogens with zero attached hydrogens (tertiary/aromatic N) is 2. The minimum Gasteiger partial charge on any atom is -0.396 e. The second-order valence-corrected chi connectivity index (χ2v) is 11.6.